The second-order valence-electron chi connectivity index (χ2n) is 5.44. The van der Waals surface area contributed by atoms with E-state index < -0.39 is 0 Å². The van der Waals surface area contributed by atoms with Gasteiger partial charge in [-0.15, -0.1) is 11.3 Å². The zero-order valence-corrected chi connectivity index (χ0v) is 15.0. The average Bonchev–Trinajstić information content (AvgIpc) is 3.09. The van der Waals surface area contributed by atoms with E-state index in [2.05, 4.69) is 10.3 Å². The highest BCUT2D eigenvalue weighted by atomic mass is 32.1. The van der Waals surface area contributed by atoms with Crippen LogP contribution in [0.3, 0.4) is 0 Å². The second-order valence-corrected chi connectivity index (χ2v) is 6.56. The van der Waals surface area contributed by atoms with Gasteiger partial charge in [-0.25, -0.2) is 4.98 Å². The molecule has 0 aliphatic heterocycles. The largest absolute Gasteiger partial charge is 0.493 e. The van der Waals surface area contributed by atoms with Gasteiger partial charge >= 0.3 is 0 Å². The lowest BCUT2D eigenvalue weighted by molar-refractivity contribution is -0.123. The maximum absolute atomic E-state index is 12.0. The van der Waals surface area contributed by atoms with Crippen LogP contribution in [0.4, 0.5) is 0 Å². The molecular formula is C19H17N3O3S. The molecule has 6 nitrogen and oxygen atoms in total. The maximum atomic E-state index is 12.0. The lowest BCUT2D eigenvalue weighted by atomic mass is 10.2. The number of benzene rings is 2. The molecule has 0 unspecified atom stereocenters. The molecule has 0 aliphatic carbocycles. The molecule has 0 bridgehead atoms. The molecule has 1 amide bonds. The Labute approximate surface area is 155 Å². The van der Waals surface area contributed by atoms with Crippen LogP contribution >= 0.6 is 11.3 Å². The van der Waals surface area contributed by atoms with Crippen molar-refractivity contribution in [3.05, 3.63) is 53.0 Å². The van der Waals surface area contributed by atoms with Crippen molar-refractivity contribution in [3.63, 3.8) is 0 Å². The molecule has 0 saturated carbocycles. The van der Waals surface area contributed by atoms with Crippen LogP contribution in [0.2, 0.25) is 0 Å². The van der Waals surface area contributed by atoms with Crippen LogP contribution in [-0.2, 0) is 11.2 Å². The van der Waals surface area contributed by atoms with Crippen LogP contribution in [0.25, 0.3) is 10.2 Å². The zero-order valence-electron chi connectivity index (χ0n) is 14.2. The van der Waals surface area contributed by atoms with Gasteiger partial charge in [0, 0.05) is 19.0 Å². The van der Waals surface area contributed by atoms with Gasteiger partial charge in [0.1, 0.15) is 0 Å². The highest BCUT2D eigenvalue weighted by molar-refractivity contribution is 7.18. The quantitative estimate of drug-likeness (QED) is 0.694. The second kappa shape index (κ2) is 8.32. The molecule has 1 aromatic heterocycles. The van der Waals surface area contributed by atoms with Gasteiger partial charge in [0.15, 0.2) is 18.1 Å². The first-order chi connectivity index (χ1) is 12.7. The normalized spacial score (nSPS) is 10.3. The molecule has 1 N–H and O–H groups in total. The number of thiazole rings is 1. The Balaban J connectivity index is 1.48. The Kier molecular flexibility index (Phi) is 5.66. The number of nitriles is 1. The lowest BCUT2D eigenvalue weighted by Gasteiger charge is -2.10. The topological polar surface area (TPSA) is 84.2 Å². The molecule has 0 radical (unpaired) electrons. The summed E-state index contributed by atoms with van der Waals surface area (Å²) in [5.41, 5.74) is 1.45. The van der Waals surface area contributed by atoms with E-state index >= 15 is 0 Å². The summed E-state index contributed by atoms with van der Waals surface area (Å²) in [4.78, 5) is 16.5. The Hall–Kier alpha value is -3.11. The minimum absolute atomic E-state index is 0.123. The summed E-state index contributed by atoms with van der Waals surface area (Å²) in [5, 5.41) is 12.7. The summed E-state index contributed by atoms with van der Waals surface area (Å²) >= 11 is 1.63. The van der Waals surface area contributed by atoms with E-state index in [9.17, 15) is 4.79 Å². The van der Waals surface area contributed by atoms with Gasteiger partial charge in [-0.3, -0.25) is 4.79 Å². The third kappa shape index (κ3) is 4.29. The number of hydrogen-bond donors (Lipinski definition) is 1. The van der Waals surface area contributed by atoms with E-state index in [0.29, 0.717) is 30.0 Å². The number of carbonyl (C=O) groups is 1. The summed E-state index contributed by atoms with van der Waals surface area (Å²) in [6.07, 6.45) is 0.672. The van der Waals surface area contributed by atoms with Crippen molar-refractivity contribution in [2.24, 2.45) is 0 Å². The first-order valence-electron chi connectivity index (χ1n) is 8.01. The number of methoxy groups -OCH3 is 1. The molecule has 3 aromatic rings. The lowest BCUT2D eigenvalue weighted by Crippen LogP contribution is -2.30. The van der Waals surface area contributed by atoms with E-state index in [-0.39, 0.29) is 12.5 Å². The van der Waals surface area contributed by atoms with Crippen molar-refractivity contribution in [1.82, 2.24) is 10.3 Å². The predicted molar refractivity (Wildman–Crippen MR) is 99.5 cm³/mol. The van der Waals surface area contributed by atoms with Gasteiger partial charge in [0.05, 0.1) is 34.0 Å². The number of para-hydroxylation sites is 1. The van der Waals surface area contributed by atoms with Crippen LogP contribution in [0.5, 0.6) is 11.5 Å². The van der Waals surface area contributed by atoms with Crippen molar-refractivity contribution in [2.75, 3.05) is 20.3 Å². The maximum Gasteiger partial charge on any atom is 0.257 e. The molecule has 1 heterocycles. The SMILES string of the molecule is COc1cc(C#N)ccc1OCC(=O)NCCc1nc2ccccc2s1. The number of rotatable bonds is 7. The summed E-state index contributed by atoms with van der Waals surface area (Å²) < 4.78 is 11.8. The third-order valence-corrected chi connectivity index (χ3v) is 4.75. The molecule has 2 aromatic carbocycles. The number of nitrogens with one attached hydrogen (secondary N) is 1. The molecule has 0 fully saturated rings. The van der Waals surface area contributed by atoms with Crippen LogP contribution in [0.1, 0.15) is 10.6 Å². The molecule has 0 saturated heterocycles. The summed E-state index contributed by atoms with van der Waals surface area (Å²) in [6.45, 7) is 0.370. The Morgan fingerprint density at radius 1 is 1.27 bits per heavy atom. The zero-order chi connectivity index (χ0) is 18.4. The van der Waals surface area contributed by atoms with Gasteiger partial charge in [0.25, 0.3) is 5.91 Å². The Morgan fingerprint density at radius 3 is 2.88 bits per heavy atom. The van der Waals surface area contributed by atoms with Crippen LogP contribution < -0.4 is 14.8 Å². The van der Waals surface area contributed by atoms with E-state index in [1.165, 1.54) is 7.11 Å². The highest BCUT2D eigenvalue weighted by Gasteiger charge is 2.09. The fourth-order valence-corrected chi connectivity index (χ4v) is 3.35. The average molecular weight is 367 g/mol. The Bertz CT molecular complexity index is 929. The number of nitrogens with zero attached hydrogens (tertiary/aromatic N) is 2. The van der Waals surface area contributed by atoms with Crippen molar-refractivity contribution in [1.29, 1.82) is 5.26 Å². The summed E-state index contributed by atoms with van der Waals surface area (Å²) in [5.74, 6) is 0.622. The fourth-order valence-electron chi connectivity index (χ4n) is 2.39. The first-order valence-corrected chi connectivity index (χ1v) is 8.83. The van der Waals surface area contributed by atoms with E-state index in [0.717, 1.165) is 15.2 Å². The van der Waals surface area contributed by atoms with E-state index in [1.807, 2.05) is 30.3 Å². The van der Waals surface area contributed by atoms with Crippen molar-refractivity contribution in [2.45, 2.75) is 6.42 Å². The highest BCUT2D eigenvalue weighted by Crippen LogP contribution is 2.27. The van der Waals surface area contributed by atoms with Gasteiger partial charge in [0.2, 0.25) is 0 Å². The van der Waals surface area contributed by atoms with Gasteiger partial charge in [-0.2, -0.15) is 5.26 Å². The smallest absolute Gasteiger partial charge is 0.257 e. The number of carbonyl (C=O) groups excluding carboxylic acids is 1. The number of amides is 1. The molecule has 3 rings (SSSR count). The van der Waals surface area contributed by atoms with Crippen LogP contribution in [-0.4, -0.2) is 31.2 Å². The molecule has 0 aliphatic rings. The van der Waals surface area contributed by atoms with Crippen LogP contribution in [0, 0.1) is 11.3 Å². The van der Waals surface area contributed by atoms with E-state index in [1.54, 1.807) is 29.5 Å². The van der Waals surface area contributed by atoms with E-state index in [4.69, 9.17) is 14.7 Å². The van der Waals surface area contributed by atoms with Gasteiger partial charge < -0.3 is 14.8 Å². The molecule has 7 heteroatoms. The minimum atomic E-state index is -0.225. The van der Waals surface area contributed by atoms with Crippen LogP contribution in [0.15, 0.2) is 42.5 Å². The Morgan fingerprint density at radius 2 is 2.12 bits per heavy atom. The van der Waals surface area contributed by atoms with Crippen molar-refractivity contribution in [3.8, 4) is 17.6 Å². The number of aromatic nitrogens is 1. The summed E-state index contributed by atoms with van der Waals surface area (Å²) in [6, 6.07) is 14.8. The van der Waals surface area contributed by atoms with Crippen molar-refractivity contribution < 1.29 is 14.3 Å². The minimum Gasteiger partial charge on any atom is -0.493 e. The molecule has 26 heavy (non-hydrogen) atoms. The first kappa shape index (κ1) is 17.7. The standard InChI is InChI=1S/C19H17N3O3S/c1-24-16-10-13(11-20)6-7-15(16)25-12-18(23)21-9-8-19-22-14-4-2-3-5-17(14)26-19/h2-7,10H,8-9,12H2,1H3,(H,21,23). The number of hydrogen-bond acceptors (Lipinski definition) is 6. The fraction of sp³-hybridized carbons (Fsp3) is 0.211. The van der Waals surface area contributed by atoms with Gasteiger partial charge in [-0.05, 0) is 24.3 Å². The molecule has 132 valence electrons. The summed E-state index contributed by atoms with van der Waals surface area (Å²) in [7, 11) is 1.49. The monoisotopic (exact) mass is 367 g/mol. The number of fused-ring (bicyclic) bond motifs is 1. The van der Waals surface area contributed by atoms with Gasteiger partial charge in [-0.1, -0.05) is 12.1 Å². The van der Waals surface area contributed by atoms with Crippen molar-refractivity contribution >= 4 is 27.5 Å². The molecule has 0 atom stereocenters. The third-order valence-electron chi connectivity index (χ3n) is 3.65. The number of ether oxygens (including phenoxy) is 2. The molecule has 0 spiro atoms. The molecular weight excluding hydrogens is 350 g/mol. The predicted octanol–water partition coefficient (Wildman–Crippen LogP) is 2.91.